The number of Topliss-reactive ketones (excluding diaryl/α,β-unsaturated/α-hetero) is 1. The molecule has 3 nitrogen and oxygen atoms in total. The van der Waals surface area contributed by atoms with Gasteiger partial charge in [-0.3, -0.25) is 9.59 Å². The van der Waals surface area contributed by atoms with Crippen molar-refractivity contribution in [1.29, 1.82) is 0 Å². The van der Waals surface area contributed by atoms with Crippen LogP contribution in [0.4, 0.5) is 0 Å². The number of hydrogen-bond acceptors (Lipinski definition) is 2. The number of ketones is 1. The third-order valence-electron chi connectivity index (χ3n) is 4.00. The lowest BCUT2D eigenvalue weighted by atomic mass is 9.88. The van der Waals surface area contributed by atoms with Gasteiger partial charge in [-0.15, -0.1) is 0 Å². The minimum absolute atomic E-state index is 0.0156. The van der Waals surface area contributed by atoms with Gasteiger partial charge in [-0.25, -0.2) is 0 Å². The molecular weight excluding hydrogens is 250 g/mol. The summed E-state index contributed by atoms with van der Waals surface area (Å²) in [4.78, 5) is 26.0. The van der Waals surface area contributed by atoms with Crippen molar-refractivity contribution in [2.24, 2.45) is 11.8 Å². The first-order valence-electron chi connectivity index (χ1n) is 7.34. The third kappa shape index (κ3) is 4.19. The van der Waals surface area contributed by atoms with Gasteiger partial charge in [0.15, 0.2) is 5.78 Å². The van der Waals surface area contributed by atoms with Crippen molar-refractivity contribution in [1.82, 2.24) is 4.90 Å². The van der Waals surface area contributed by atoms with Crippen LogP contribution in [-0.2, 0) is 4.79 Å². The Morgan fingerprint density at radius 1 is 1.10 bits per heavy atom. The van der Waals surface area contributed by atoms with Crippen LogP contribution in [0.1, 0.15) is 44.0 Å². The zero-order valence-electron chi connectivity index (χ0n) is 12.9. The molecule has 1 amide bonds. The highest BCUT2D eigenvalue weighted by atomic mass is 16.2. The molecular formula is C17H25NO2. The molecule has 1 unspecified atom stereocenters. The van der Waals surface area contributed by atoms with Crippen molar-refractivity contribution >= 4 is 11.7 Å². The Kier molecular flexibility index (Phi) is 6.43. The molecule has 0 heterocycles. The average Bonchev–Trinajstić information content (AvgIpc) is 2.48. The average molecular weight is 275 g/mol. The normalized spacial score (nSPS) is 12.2. The first kappa shape index (κ1) is 16.4. The summed E-state index contributed by atoms with van der Waals surface area (Å²) in [7, 11) is 1.71. The summed E-state index contributed by atoms with van der Waals surface area (Å²) in [5.41, 5.74) is 0.655. The Hall–Kier alpha value is -1.64. The molecule has 20 heavy (non-hydrogen) atoms. The molecule has 1 atom stereocenters. The topological polar surface area (TPSA) is 37.4 Å². The molecule has 0 fully saturated rings. The number of carbonyl (C=O) groups is 2. The van der Waals surface area contributed by atoms with Crippen LogP contribution in [-0.4, -0.2) is 30.2 Å². The minimum Gasteiger partial charge on any atom is -0.338 e. The number of rotatable bonds is 7. The van der Waals surface area contributed by atoms with E-state index in [9.17, 15) is 9.59 Å². The molecule has 0 spiro atoms. The summed E-state index contributed by atoms with van der Waals surface area (Å²) in [6.45, 7) is 6.32. The Morgan fingerprint density at radius 2 is 1.65 bits per heavy atom. The van der Waals surface area contributed by atoms with Gasteiger partial charge in [0.1, 0.15) is 0 Å². The number of likely N-dealkylation sites (N-methyl/N-ethyl adjacent to an activating group) is 1. The summed E-state index contributed by atoms with van der Waals surface area (Å²) in [6.07, 6.45) is 1.98. The fourth-order valence-electron chi connectivity index (χ4n) is 2.55. The molecule has 0 aliphatic rings. The van der Waals surface area contributed by atoms with Gasteiger partial charge in [0.2, 0.25) is 5.91 Å². The maximum absolute atomic E-state index is 12.3. The van der Waals surface area contributed by atoms with Gasteiger partial charge in [0.05, 0.1) is 6.54 Å². The highest BCUT2D eigenvalue weighted by Crippen LogP contribution is 2.21. The summed E-state index contributed by atoms with van der Waals surface area (Å²) in [6, 6.07) is 9.11. The molecule has 0 saturated heterocycles. The molecule has 0 aliphatic carbocycles. The van der Waals surface area contributed by atoms with E-state index in [0.717, 1.165) is 12.8 Å². The van der Waals surface area contributed by atoms with Crippen molar-refractivity contribution in [2.75, 3.05) is 13.6 Å². The molecule has 0 N–H and O–H groups in total. The van der Waals surface area contributed by atoms with E-state index < -0.39 is 0 Å². The van der Waals surface area contributed by atoms with E-state index in [4.69, 9.17) is 0 Å². The summed E-state index contributed by atoms with van der Waals surface area (Å²) >= 11 is 0. The van der Waals surface area contributed by atoms with Crippen molar-refractivity contribution < 1.29 is 9.59 Å². The fraction of sp³-hybridized carbons (Fsp3) is 0.529. The number of benzene rings is 1. The molecule has 0 aliphatic heterocycles. The van der Waals surface area contributed by atoms with Crippen LogP contribution in [0.15, 0.2) is 30.3 Å². The van der Waals surface area contributed by atoms with E-state index in [1.165, 1.54) is 0 Å². The molecule has 0 saturated carbocycles. The van der Waals surface area contributed by atoms with E-state index in [0.29, 0.717) is 11.5 Å². The first-order chi connectivity index (χ1) is 9.51. The number of nitrogens with zero attached hydrogens (tertiary/aromatic N) is 1. The number of amides is 1. The highest BCUT2D eigenvalue weighted by Gasteiger charge is 2.25. The Bertz CT molecular complexity index is 438. The van der Waals surface area contributed by atoms with Crippen LogP contribution in [0, 0.1) is 11.8 Å². The SMILES string of the molecule is CCC(CC)C(C)C(=O)N(C)CC(=O)c1ccccc1. The molecule has 1 aromatic carbocycles. The summed E-state index contributed by atoms with van der Waals surface area (Å²) in [5, 5.41) is 0. The van der Waals surface area contributed by atoms with E-state index in [2.05, 4.69) is 13.8 Å². The zero-order chi connectivity index (χ0) is 15.1. The van der Waals surface area contributed by atoms with Crippen LogP contribution in [0.25, 0.3) is 0 Å². The highest BCUT2D eigenvalue weighted by molar-refractivity contribution is 5.99. The van der Waals surface area contributed by atoms with Gasteiger partial charge in [0, 0.05) is 18.5 Å². The second-order valence-electron chi connectivity index (χ2n) is 5.35. The van der Waals surface area contributed by atoms with E-state index in [1.54, 1.807) is 24.1 Å². The van der Waals surface area contributed by atoms with Gasteiger partial charge in [0.25, 0.3) is 0 Å². The molecule has 0 bridgehead atoms. The maximum Gasteiger partial charge on any atom is 0.225 e. The van der Waals surface area contributed by atoms with Crippen LogP contribution < -0.4 is 0 Å². The van der Waals surface area contributed by atoms with Gasteiger partial charge in [-0.2, -0.15) is 0 Å². The van der Waals surface area contributed by atoms with Gasteiger partial charge in [-0.1, -0.05) is 63.9 Å². The molecule has 1 rings (SSSR count). The van der Waals surface area contributed by atoms with Gasteiger partial charge >= 0.3 is 0 Å². The monoisotopic (exact) mass is 275 g/mol. The minimum atomic E-state index is -0.0291. The Labute approximate surface area is 122 Å². The molecule has 0 aromatic heterocycles. The van der Waals surface area contributed by atoms with Crippen LogP contribution in [0.3, 0.4) is 0 Å². The van der Waals surface area contributed by atoms with E-state index in [1.807, 2.05) is 25.1 Å². The molecule has 0 radical (unpaired) electrons. The van der Waals surface area contributed by atoms with Crippen LogP contribution >= 0.6 is 0 Å². The van der Waals surface area contributed by atoms with E-state index in [-0.39, 0.29) is 24.2 Å². The molecule has 3 heteroatoms. The fourth-order valence-corrected chi connectivity index (χ4v) is 2.55. The summed E-state index contributed by atoms with van der Waals surface area (Å²) in [5.74, 6) is 0.400. The molecule has 1 aromatic rings. The largest absolute Gasteiger partial charge is 0.338 e. The lowest BCUT2D eigenvalue weighted by Gasteiger charge is -2.25. The van der Waals surface area contributed by atoms with Crippen LogP contribution in [0.2, 0.25) is 0 Å². The Morgan fingerprint density at radius 3 is 2.15 bits per heavy atom. The second-order valence-corrected chi connectivity index (χ2v) is 5.35. The van der Waals surface area contributed by atoms with Crippen LogP contribution in [0.5, 0.6) is 0 Å². The second kappa shape index (κ2) is 7.83. The molecule has 110 valence electrons. The van der Waals surface area contributed by atoms with Crippen molar-refractivity contribution in [3.63, 3.8) is 0 Å². The quantitative estimate of drug-likeness (QED) is 0.715. The van der Waals surface area contributed by atoms with Crippen molar-refractivity contribution in [3.05, 3.63) is 35.9 Å². The van der Waals surface area contributed by atoms with Gasteiger partial charge in [-0.05, 0) is 5.92 Å². The van der Waals surface area contributed by atoms with Crippen molar-refractivity contribution in [2.45, 2.75) is 33.6 Å². The van der Waals surface area contributed by atoms with Gasteiger partial charge < -0.3 is 4.90 Å². The smallest absolute Gasteiger partial charge is 0.225 e. The standard InChI is InChI=1S/C17H25NO2/c1-5-14(6-2)13(3)17(20)18(4)12-16(19)15-10-8-7-9-11-15/h7-11,13-14H,5-6,12H2,1-4H3. The van der Waals surface area contributed by atoms with E-state index >= 15 is 0 Å². The predicted molar refractivity (Wildman–Crippen MR) is 81.6 cm³/mol. The summed E-state index contributed by atoms with van der Waals surface area (Å²) < 4.78 is 0. The lowest BCUT2D eigenvalue weighted by molar-refractivity contribution is -0.135. The lowest BCUT2D eigenvalue weighted by Crippen LogP contribution is -2.38. The first-order valence-corrected chi connectivity index (χ1v) is 7.34. The number of carbonyl (C=O) groups excluding carboxylic acids is 2. The van der Waals surface area contributed by atoms with Crippen molar-refractivity contribution in [3.8, 4) is 0 Å². The maximum atomic E-state index is 12.3. The predicted octanol–water partition coefficient (Wildman–Crippen LogP) is 3.40. The Balaban J connectivity index is 2.64. The number of hydrogen-bond donors (Lipinski definition) is 0. The zero-order valence-corrected chi connectivity index (χ0v) is 12.9. The third-order valence-corrected chi connectivity index (χ3v) is 4.00.